The van der Waals surface area contributed by atoms with Gasteiger partial charge in [0.2, 0.25) is 0 Å². The minimum atomic E-state index is -0.0717. The van der Waals surface area contributed by atoms with Crippen molar-refractivity contribution < 1.29 is 14.6 Å². The van der Waals surface area contributed by atoms with Crippen molar-refractivity contribution in [3.8, 4) is 5.88 Å². The first-order valence-electron chi connectivity index (χ1n) is 11.1. The van der Waals surface area contributed by atoms with Crippen molar-refractivity contribution in [2.75, 3.05) is 26.7 Å². The Labute approximate surface area is 200 Å². The summed E-state index contributed by atoms with van der Waals surface area (Å²) < 4.78 is 0. The number of nitrogens with zero attached hydrogens (tertiary/aromatic N) is 2. The van der Waals surface area contributed by atoms with E-state index in [1.54, 1.807) is 12.1 Å². The summed E-state index contributed by atoms with van der Waals surface area (Å²) in [5.41, 5.74) is 2.85. The van der Waals surface area contributed by atoms with Crippen LogP contribution in [0.25, 0.3) is 0 Å². The van der Waals surface area contributed by atoms with Gasteiger partial charge in [0, 0.05) is 42.6 Å². The summed E-state index contributed by atoms with van der Waals surface area (Å²) in [6.07, 6.45) is 2.52. The smallest absolute Gasteiger partial charge is 0.256 e. The maximum atomic E-state index is 13.7. The summed E-state index contributed by atoms with van der Waals surface area (Å²) in [6, 6.07) is 24.1. The quantitative estimate of drug-likeness (QED) is 0.286. The Balaban J connectivity index is 1.64. The molecule has 0 spiro atoms. The van der Waals surface area contributed by atoms with Gasteiger partial charge in [0.25, 0.3) is 11.8 Å². The maximum absolute atomic E-state index is 13.7. The van der Waals surface area contributed by atoms with E-state index < -0.39 is 0 Å². The van der Waals surface area contributed by atoms with E-state index in [1.165, 1.54) is 24.4 Å². The molecule has 0 aliphatic carbocycles. The van der Waals surface area contributed by atoms with E-state index in [9.17, 15) is 4.79 Å². The molecule has 1 saturated heterocycles. The van der Waals surface area contributed by atoms with Crippen LogP contribution in [-0.4, -0.2) is 53.8 Å². The fourth-order valence-corrected chi connectivity index (χ4v) is 4.57. The van der Waals surface area contributed by atoms with Crippen LogP contribution in [0.4, 0.5) is 0 Å². The summed E-state index contributed by atoms with van der Waals surface area (Å²) in [6.45, 7) is 2.02. The van der Waals surface area contributed by atoms with E-state index in [4.69, 9.17) is 17.5 Å². The number of rotatable bonds is 9. The highest BCUT2D eigenvalue weighted by Gasteiger charge is 2.30. The summed E-state index contributed by atoms with van der Waals surface area (Å²) in [7, 11) is 1.41. The minimum absolute atomic E-state index is 0.0418. The number of carbonyl (C=O) groups excluding carboxylic acids is 1. The average Bonchev–Trinajstić information content (AvgIpc) is 3.27. The first-order valence-corrected chi connectivity index (χ1v) is 11.6. The number of nitrogens with one attached hydrogen (secondary N) is 1. The number of benzene rings is 2. The van der Waals surface area contributed by atoms with Gasteiger partial charge in [-0.15, -0.1) is 0 Å². The zero-order valence-corrected chi connectivity index (χ0v) is 19.5. The number of hydrogen-bond donors (Lipinski definition) is 2. The number of thiol groups is 1. The molecule has 1 aliphatic heterocycles. The molecule has 3 aromatic rings. The fourth-order valence-electron chi connectivity index (χ4n) is 4.24. The van der Waals surface area contributed by atoms with E-state index >= 15 is 0 Å². The Hall–Kier alpha value is -2.87. The Kier molecular flexibility index (Phi) is 7.99. The second-order valence-corrected chi connectivity index (χ2v) is 8.80. The summed E-state index contributed by atoms with van der Waals surface area (Å²) >= 11 is 4.74. The topological polar surface area (TPSA) is 63.7 Å². The van der Waals surface area contributed by atoms with Crippen LogP contribution in [0.15, 0.2) is 79.0 Å². The molecule has 7 heteroatoms. The molecule has 1 amide bonds. The van der Waals surface area contributed by atoms with Gasteiger partial charge in [-0.05, 0) is 30.2 Å². The second kappa shape index (κ2) is 11.3. The highest BCUT2D eigenvalue weighted by Crippen LogP contribution is 2.27. The highest BCUT2D eigenvalue weighted by atomic mass is 32.1. The lowest BCUT2D eigenvalue weighted by Crippen LogP contribution is -2.45. The molecule has 0 radical (unpaired) electrons. The molecule has 0 bridgehead atoms. The third-order valence-corrected chi connectivity index (χ3v) is 6.59. The van der Waals surface area contributed by atoms with Gasteiger partial charge < -0.3 is 15.1 Å². The molecular formula is C26H29N3O3S. The first-order chi connectivity index (χ1) is 16.2. The van der Waals surface area contributed by atoms with Gasteiger partial charge in [0.15, 0.2) is 0 Å². The fraction of sp³-hybridized carbons (Fsp3) is 0.308. The van der Waals surface area contributed by atoms with Crippen molar-refractivity contribution in [2.45, 2.75) is 23.6 Å². The number of carbonyl (C=O) groups is 1. The van der Waals surface area contributed by atoms with Gasteiger partial charge in [0.05, 0.1) is 12.7 Å². The third kappa shape index (κ3) is 5.93. The normalized spacial score (nSPS) is 17.8. The molecule has 0 unspecified atom stereocenters. The number of pyridine rings is 1. The van der Waals surface area contributed by atoms with Gasteiger partial charge in [0.1, 0.15) is 0 Å². The second-order valence-electron chi connectivity index (χ2n) is 8.14. The SMILES string of the molecule is COOc1ccc(C(=O)N(CC(c2ccccc2)c2ccccc2)C[C@H]2NCC[C@H]2S)cn1. The molecule has 4 rings (SSSR count). The minimum Gasteiger partial charge on any atom is -0.336 e. The first kappa shape index (κ1) is 23.3. The molecule has 1 fully saturated rings. The standard InChI is InChI=1S/C26H29N3O3S/c1-31-32-25-13-12-21(16-28-25)26(30)29(18-23-24(33)14-15-27-23)17-22(19-8-4-2-5-9-19)20-10-6-3-7-11-20/h2-13,16,22-24,27,33H,14-15,17-18H2,1H3/t23-,24-/m1/s1. The van der Waals surface area contributed by atoms with Crippen LogP contribution in [0.5, 0.6) is 5.88 Å². The van der Waals surface area contributed by atoms with Gasteiger partial charge in [-0.3, -0.25) is 4.79 Å². The van der Waals surface area contributed by atoms with Crippen LogP contribution in [0, 0.1) is 0 Å². The average molecular weight is 464 g/mol. The Bertz CT molecular complexity index is 978. The molecule has 33 heavy (non-hydrogen) atoms. The van der Waals surface area contributed by atoms with Crippen LogP contribution in [0.3, 0.4) is 0 Å². The molecule has 6 nitrogen and oxygen atoms in total. The van der Waals surface area contributed by atoms with E-state index in [0.717, 1.165) is 13.0 Å². The Morgan fingerprint density at radius 1 is 1.09 bits per heavy atom. The van der Waals surface area contributed by atoms with Crippen LogP contribution in [0.2, 0.25) is 0 Å². The Morgan fingerprint density at radius 2 is 1.76 bits per heavy atom. The number of hydrogen-bond acceptors (Lipinski definition) is 6. The van der Waals surface area contributed by atoms with Crippen molar-refractivity contribution >= 4 is 18.5 Å². The molecule has 2 atom stereocenters. The van der Waals surface area contributed by atoms with Crippen LogP contribution in [-0.2, 0) is 4.89 Å². The molecular weight excluding hydrogens is 434 g/mol. The summed E-state index contributed by atoms with van der Waals surface area (Å²) in [5.74, 6) is 0.276. The lowest BCUT2D eigenvalue weighted by Gasteiger charge is -2.31. The van der Waals surface area contributed by atoms with Crippen molar-refractivity contribution in [2.24, 2.45) is 0 Å². The number of aromatic nitrogens is 1. The molecule has 2 aromatic carbocycles. The molecule has 0 saturated carbocycles. The van der Waals surface area contributed by atoms with Gasteiger partial charge in [-0.25, -0.2) is 4.98 Å². The van der Waals surface area contributed by atoms with E-state index in [1.807, 2.05) is 41.3 Å². The number of amides is 1. The summed E-state index contributed by atoms with van der Waals surface area (Å²) in [5, 5.41) is 3.71. The molecule has 1 N–H and O–H groups in total. The molecule has 2 heterocycles. The zero-order valence-electron chi connectivity index (χ0n) is 18.6. The van der Waals surface area contributed by atoms with E-state index in [2.05, 4.69) is 39.5 Å². The van der Waals surface area contributed by atoms with Crippen molar-refractivity contribution in [1.82, 2.24) is 15.2 Å². The van der Waals surface area contributed by atoms with E-state index in [-0.39, 0.29) is 23.1 Å². The summed E-state index contributed by atoms with van der Waals surface area (Å²) in [4.78, 5) is 29.4. The zero-order chi connectivity index (χ0) is 23.0. The predicted octanol–water partition coefficient (Wildman–Crippen LogP) is 3.96. The van der Waals surface area contributed by atoms with Crippen molar-refractivity contribution in [3.05, 3.63) is 95.7 Å². The van der Waals surface area contributed by atoms with Crippen LogP contribution >= 0.6 is 12.6 Å². The van der Waals surface area contributed by atoms with Crippen molar-refractivity contribution in [3.63, 3.8) is 0 Å². The van der Waals surface area contributed by atoms with Crippen molar-refractivity contribution in [1.29, 1.82) is 0 Å². The molecule has 1 aromatic heterocycles. The monoisotopic (exact) mass is 463 g/mol. The van der Waals surface area contributed by atoms with Gasteiger partial charge in [-0.1, -0.05) is 60.7 Å². The van der Waals surface area contributed by atoms with E-state index in [0.29, 0.717) is 24.5 Å². The Morgan fingerprint density at radius 3 is 2.27 bits per heavy atom. The van der Waals surface area contributed by atoms with Crippen LogP contribution < -0.4 is 10.2 Å². The third-order valence-electron chi connectivity index (χ3n) is 5.97. The van der Waals surface area contributed by atoms with Gasteiger partial charge in [-0.2, -0.15) is 17.5 Å². The lowest BCUT2D eigenvalue weighted by molar-refractivity contribution is -0.181. The lowest BCUT2D eigenvalue weighted by atomic mass is 9.90. The largest absolute Gasteiger partial charge is 0.336 e. The molecule has 172 valence electrons. The molecule has 1 aliphatic rings. The highest BCUT2D eigenvalue weighted by molar-refractivity contribution is 7.81. The maximum Gasteiger partial charge on any atom is 0.256 e. The van der Waals surface area contributed by atoms with Gasteiger partial charge >= 0.3 is 0 Å². The van der Waals surface area contributed by atoms with Crippen LogP contribution in [0.1, 0.15) is 33.8 Å². The predicted molar refractivity (Wildman–Crippen MR) is 132 cm³/mol.